The molecule has 1 atom stereocenters. The Hall–Kier alpha value is -3.27. The van der Waals surface area contributed by atoms with Crippen molar-refractivity contribution in [3.63, 3.8) is 0 Å². The number of aryl methyl sites for hydroxylation is 1. The topological polar surface area (TPSA) is 63.1 Å². The first kappa shape index (κ1) is 23.4. The Labute approximate surface area is 182 Å². The third-order valence-electron chi connectivity index (χ3n) is 5.06. The van der Waals surface area contributed by atoms with Gasteiger partial charge in [-0.1, -0.05) is 42.5 Å². The van der Waals surface area contributed by atoms with Gasteiger partial charge in [0.25, 0.3) is 5.91 Å². The molecule has 0 aliphatic rings. The number of benzene rings is 2. The molecule has 0 radical (unpaired) electrons. The Balaban J connectivity index is 1.86. The summed E-state index contributed by atoms with van der Waals surface area (Å²) in [6, 6.07) is 12.0. The van der Waals surface area contributed by atoms with E-state index in [0.717, 1.165) is 29.7 Å². The van der Waals surface area contributed by atoms with Crippen LogP contribution in [0.15, 0.2) is 48.5 Å². The van der Waals surface area contributed by atoms with Crippen LogP contribution in [-0.4, -0.2) is 46.4 Å². The Kier molecular flexibility index (Phi) is 6.93. The first-order chi connectivity index (χ1) is 15.1. The summed E-state index contributed by atoms with van der Waals surface area (Å²) >= 11 is 0. The number of nitrogens with one attached hydrogen (secondary N) is 1. The van der Waals surface area contributed by atoms with Crippen LogP contribution in [0.4, 0.5) is 17.6 Å². The highest BCUT2D eigenvalue weighted by Crippen LogP contribution is 2.33. The Morgan fingerprint density at radius 3 is 2.41 bits per heavy atom. The summed E-state index contributed by atoms with van der Waals surface area (Å²) in [4.78, 5) is 14.5. The number of carbonyl (C=O) groups is 1. The molecule has 0 bridgehead atoms. The fraction of sp³-hybridized carbons (Fsp3) is 0.318. The molecule has 170 valence electrons. The summed E-state index contributed by atoms with van der Waals surface area (Å²) in [5.41, 5.74) is -0.369. The number of nitrogens with zero attached hydrogens (tertiary/aromatic N) is 4. The van der Waals surface area contributed by atoms with Gasteiger partial charge in [0, 0.05) is 6.54 Å². The van der Waals surface area contributed by atoms with Crippen LogP contribution in [0.25, 0.3) is 5.69 Å². The molecule has 2 aromatic carbocycles. The van der Waals surface area contributed by atoms with Crippen LogP contribution in [0.3, 0.4) is 0 Å². The molecular formula is C22H23F4N5O. The van der Waals surface area contributed by atoms with Crippen molar-refractivity contribution in [2.75, 3.05) is 20.6 Å². The van der Waals surface area contributed by atoms with Crippen molar-refractivity contribution in [1.82, 2.24) is 25.2 Å². The standard InChI is InChI=1S/C22H23F4N5O/c1-4-14-8-10-15(11-9-14)18(30(2)3)13-27-21(32)19-20(22(24,25)26)31(29-28-19)17-7-5-6-16(23)12-17/h5-12,18H,4,13H2,1-3H3,(H,27,32). The Bertz CT molecular complexity index is 1080. The lowest BCUT2D eigenvalue weighted by Crippen LogP contribution is -2.35. The van der Waals surface area contributed by atoms with Crippen molar-refractivity contribution in [2.24, 2.45) is 0 Å². The van der Waals surface area contributed by atoms with Crippen LogP contribution in [0.2, 0.25) is 0 Å². The maximum Gasteiger partial charge on any atom is 0.435 e. The van der Waals surface area contributed by atoms with Gasteiger partial charge >= 0.3 is 6.18 Å². The number of amides is 1. The Morgan fingerprint density at radius 2 is 1.84 bits per heavy atom. The van der Waals surface area contributed by atoms with E-state index < -0.39 is 29.3 Å². The summed E-state index contributed by atoms with van der Waals surface area (Å²) in [7, 11) is 3.62. The molecule has 10 heteroatoms. The predicted molar refractivity (Wildman–Crippen MR) is 111 cm³/mol. The lowest BCUT2D eigenvalue weighted by atomic mass is 10.0. The number of hydrogen-bond donors (Lipinski definition) is 1. The molecule has 0 saturated heterocycles. The van der Waals surface area contributed by atoms with E-state index in [4.69, 9.17) is 0 Å². The van der Waals surface area contributed by atoms with Crippen molar-refractivity contribution in [3.8, 4) is 5.69 Å². The van der Waals surface area contributed by atoms with E-state index in [-0.39, 0.29) is 18.3 Å². The number of alkyl halides is 3. The predicted octanol–water partition coefficient (Wildman–Crippen LogP) is 4.02. The van der Waals surface area contributed by atoms with Crippen LogP contribution in [-0.2, 0) is 12.6 Å². The van der Waals surface area contributed by atoms with Gasteiger partial charge in [0.2, 0.25) is 0 Å². The lowest BCUT2D eigenvalue weighted by Gasteiger charge is -2.25. The molecule has 1 N–H and O–H groups in total. The minimum absolute atomic E-state index is 0.0570. The molecule has 1 unspecified atom stereocenters. The molecule has 0 aliphatic carbocycles. The highest BCUT2D eigenvalue weighted by atomic mass is 19.4. The van der Waals surface area contributed by atoms with Gasteiger partial charge in [-0.2, -0.15) is 13.2 Å². The highest BCUT2D eigenvalue weighted by Gasteiger charge is 2.42. The molecular weight excluding hydrogens is 426 g/mol. The zero-order chi connectivity index (χ0) is 23.5. The monoisotopic (exact) mass is 449 g/mol. The number of likely N-dealkylation sites (N-methyl/N-ethyl adjacent to an activating group) is 1. The minimum Gasteiger partial charge on any atom is -0.349 e. The van der Waals surface area contributed by atoms with Gasteiger partial charge in [-0.15, -0.1) is 5.10 Å². The van der Waals surface area contributed by atoms with Gasteiger partial charge in [0.05, 0.1) is 11.7 Å². The first-order valence-electron chi connectivity index (χ1n) is 9.94. The molecule has 1 aromatic heterocycles. The fourth-order valence-electron chi connectivity index (χ4n) is 3.32. The number of carbonyl (C=O) groups excluding carboxylic acids is 1. The average Bonchev–Trinajstić information content (AvgIpc) is 3.20. The second-order valence-corrected chi connectivity index (χ2v) is 7.46. The van der Waals surface area contributed by atoms with Gasteiger partial charge in [0.1, 0.15) is 5.82 Å². The van der Waals surface area contributed by atoms with Gasteiger partial charge in [-0.05, 0) is 49.8 Å². The van der Waals surface area contributed by atoms with E-state index in [0.29, 0.717) is 4.68 Å². The van der Waals surface area contributed by atoms with Gasteiger partial charge in [0.15, 0.2) is 11.4 Å². The summed E-state index contributed by atoms with van der Waals surface area (Å²) in [6.07, 6.45) is -4.05. The third kappa shape index (κ3) is 5.13. The fourth-order valence-corrected chi connectivity index (χ4v) is 3.32. The second-order valence-electron chi connectivity index (χ2n) is 7.46. The van der Waals surface area contributed by atoms with Crippen LogP contribution in [0.1, 0.15) is 40.3 Å². The van der Waals surface area contributed by atoms with Crippen molar-refractivity contribution in [2.45, 2.75) is 25.6 Å². The summed E-state index contributed by atoms with van der Waals surface area (Å²) in [6.45, 7) is 2.09. The molecule has 0 saturated carbocycles. The number of hydrogen-bond acceptors (Lipinski definition) is 4. The molecule has 0 spiro atoms. The molecule has 0 aliphatic heterocycles. The Morgan fingerprint density at radius 1 is 1.16 bits per heavy atom. The zero-order valence-corrected chi connectivity index (χ0v) is 17.8. The number of halogens is 4. The number of aromatic nitrogens is 3. The summed E-state index contributed by atoms with van der Waals surface area (Å²) in [5, 5.41) is 9.44. The average molecular weight is 449 g/mol. The highest BCUT2D eigenvalue weighted by molar-refractivity contribution is 5.93. The van der Waals surface area contributed by atoms with Crippen molar-refractivity contribution in [3.05, 3.63) is 76.9 Å². The quantitative estimate of drug-likeness (QED) is 0.554. The second kappa shape index (κ2) is 9.47. The maximum atomic E-state index is 13.8. The zero-order valence-electron chi connectivity index (χ0n) is 17.8. The van der Waals surface area contributed by atoms with Crippen molar-refractivity contribution < 1.29 is 22.4 Å². The van der Waals surface area contributed by atoms with Crippen molar-refractivity contribution >= 4 is 5.91 Å². The van der Waals surface area contributed by atoms with E-state index in [9.17, 15) is 22.4 Å². The van der Waals surface area contributed by atoms with E-state index in [1.54, 1.807) is 0 Å². The molecule has 6 nitrogen and oxygen atoms in total. The minimum atomic E-state index is -4.93. The molecule has 1 heterocycles. The third-order valence-corrected chi connectivity index (χ3v) is 5.06. The molecule has 1 amide bonds. The van der Waals surface area contributed by atoms with Crippen molar-refractivity contribution in [1.29, 1.82) is 0 Å². The lowest BCUT2D eigenvalue weighted by molar-refractivity contribution is -0.143. The molecule has 32 heavy (non-hydrogen) atoms. The summed E-state index contributed by atoms with van der Waals surface area (Å²) < 4.78 is 55.2. The first-order valence-corrected chi connectivity index (χ1v) is 9.94. The van der Waals surface area contributed by atoms with Crippen LogP contribution >= 0.6 is 0 Å². The number of rotatable bonds is 7. The molecule has 0 fully saturated rings. The van der Waals surface area contributed by atoms with E-state index >= 15 is 0 Å². The maximum absolute atomic E-state index is 13.8. The van der Waals surface area contributed by atoms with E-state index in [1.807, 2.05) is 50.2 Å². The summed E-state index contributed by atoms with van der Waals surface area (Å²) in [5.74, 6) is -1.75. The van der Waals surface area contributed by atoms with Gasteiger partial charge < -0.3 is 10.2 Å². The molecule has 3 aromatic rings. The largest absolute Gasteiger partial charge is 0.435 e. The SMILES string of the molecule is CCc1ccc(C(CNC(=O)c2nnn(-c3cccc(F)c3)c2C(F)(F)F)N(C)C)cc1. The van der Waals surface area contributed by atoms with Gasteiger partial charge in [-0.3, -0.25) is 4.79 Å². The smallest absolute Gasteiger partial charge is 0.349 e. The molecule has 3 rings (SSSR count). The van der Waals surface area contributed by atoms with Crippen LogP contribution in [0.5, 0.6) is 0 Å². The van der Waals surface area contributed by atoms with Gasteiger partial charge in [-0.25, -0.2) is 9.07 Å². The normalized spacial score (nSPS) is 12.8. The van der Waals surface area contributed by atoms with Crippen LogP contribution < -0.4 is 5.32 Å². The van der Waals surface area contributed by atoms with E-state index in [1.165, 1.54) is 12.1 Å². The van der Waals surface area contributed by atoms with E-state index in [2.05, 4.69) is 15.6 Å². The van der Waals surface area contributed by atoms with Crippen LogP contribution in [0, 0.1) is 5.82 Å².